The van der Waals surface area contributed by atoms with Gasteiger partial charge in [-0.2, -0.15) is 4.31 Å². The molecule has 7 nitrogen and oxygen atoms in total. The van der Waals surface area contributed by atoms with Crippen LogP contribution in [0.2, 0.25) is 0 Å². The average Bonchev–Trinajstić information content (AvgIpc) is 2.73. The molecule has 0 atom stereocenters. The number of amides is 1. The molecule has 0 aromatic heterocycles. The minimum absolute atomic E-state index is 0.192. The molecule has 8 heteroatoms. The van der Waals surface area contributed by atoms with Crippen LogP contribution in [-0.2, 0) is 14.8 Å². The largest absolute Gasteiger partial charge is 0.465 e. The van der Waals surface area contributed by atoms with Gasteiger partial charge in [-0.15, -0.1) is 0 Å². The van der Waals surface area contributed by atoms with Gasteiger partial charge in [0.2, 0.25) is 10.0 Å². The predicted molar refractivity (Wildman–Crippen MR) is 98.9 cm³/mol. The van der Waals surface area contributed by atoms with Gasteiger partial charge < -0.3 is 9.64 Å². The zero-order chi connectivity index (χ0) is 19.4. The Bertz CT molecular complexity index is 918. The molecule has 3 rings (SSSR count). The Labute approximate surface area is 158 Å². The van der Waals surface area contributed by atoms with E-state index in [0.717, 1.165) is 0 Å². The molecule has 0 radical (unpaired) electrons. The average molecular weight is 388 g/mol. The number of ether oxygens (including phenoxy) is 1. The van der Waals surface area contributed by atoms with E-state index in [1.165, 1.54) is 23.5 Å². The summed E-state index contributed by atoms with van der Waals surface area (Å²) in [7, 11) is -2.25. The van der Waals surface area contributed by atoms with Crippen LogP contribution in [-0.4, -0.2) is 62.8 Å². The number of rotatable bonds is 4. The molecule has 0 N–H and O–H groups in total. The fourth-order valence-electron chi connectivity index (χ4n) is 2.92. The molecule has 2 aromatic rings. The van der Waals surface area contributed by atoms with Gasteiger partial charge in [-0.3, -0.25) is 4.79 Å². The van der Waals surface area contributed by atoms with E-state index in [1.54, 1.807) is 47.4 Å². The number of nitrogens with zero attached hydrogens (tertiary/aromatic N) is 2. The third kappa shape index (κ3) is 4.01. The van der Waals surface area contributed by atoms with Crippen molar-refractivity contribution in [2.75, 3.05) is 33.3 Å². The van der Waals surface area contributed by atoms with Crippen molar-refractivity contribution in [2.45, 2.75) is 4.90 Å². The van der Waals surface area contributed by atoms with Crippen LogP contribution in [0.4, 0.5) is 0 Å². The molecule has 0 aliphatic carbocycles. The van der Waals surface area contributed by atoms with Gasteiger partial charge in [0.1, 0.15) is 0 Å². The Morgan fingerprint density at radius 1 is 0.852 bits per heavy atom. The number of esters is 1. The maximum absolute atomic E-state index is 12.6. The molecule has 0 unspecified atom stereocenters. The first-order valence-corrected chi connectivity index (χ1v) is 9.90. The quantitative estimate of drug-likeness (QED) is 0.743. The molecular weight excluding hydrogens is 368 g/mol. The fourth-order valence-corrected chi connectivity index (χ4v) is 4.37. The lowest BCUT2D eigenvalue weighted by molar-refractivity contribution is 0.0599. The maximum atomic E-state index is 12.6. The van der Waals surface area contributed by atoms with Gasteiger partial charge in [-0.1, -0.05) is 18.2 Å². The van der Waals surface area contributed by atoms with E-state index >= 15 is 0 Å². The van der Waals surface area contributed by atoms with Crippen LogP contribution < -0.4 is 0 Å². The lowest BCUT2D eigenvalue weighted by Crippen LogP contribution is -2.50. The number of methoxy groups -OCH3 is 1. The van der Waals surface area contributed by atoms with Crippen molar-refractivity contribution in [3.05, 3.63) is 65.7 Å². The summed E-state index contributed by atoms with van der Waals surface area (Å²) in [6, 6.07) is 14.5. The third-order valence-electron chi connectivity index (χ3n) is 4.46. The van der Waals surface area contributed by atoms with E-state index in [9.17, 15) is 18.0 Å². The Kier molecular flexibility index (Phi) is 5.57. The summed E-state index contributed by atoms with van der Waals surface area (Å²) >= 11 is 0. The Morgan fingerprint density at radius 3 is 1.96 bits per heavy atom. The summed E-state index contributed by atoms with van der Waals surface area (Å²) in [5.74, 6) is -0.656. The molecule has 0 saturated carbocycles. The van der Waals surface area contributed by atoms with Crippen LogP contribution in [0, 0.1) is 0 Å². The number of carbonyl (C=O) groups excluding carboxylic acids is 2. The Hall–Kier alpha value is -2.71. The van der Waals surface area contributed by atoms with Crippen molar-refractivity contribution < 1.29 is 22.7 Å². The normalized spacial score (nSPS) is 15.4. The van der Waals surface area contributed by atoms with Crippen molar-refractivity contribution in [2.24, 2.45) is 0 Å². The lowest BCUT2D eigenvalue weighted by Gasteiger charge is -2.34. The van der Waals surface area contributed by atoms with Crippen LogP contribution in [0.25, 0.3) is 0 Å². The number of sulfonamides is 1. The molecule has 1 aliphatic heterocycles. The first kappa shape index (κ1) is 19.1. The van der Waals surface area contributed by atoms with Gasteiger partial charge in [-0.05, 0) is 36.4 Å². The molecule has 1 saturated heterocycles. The number of carbonyl (C=O) groups is 2. The summed E-state index contributed by atoms with van der Waals surface area (Å²) in [4.78, 5) is 26.0. The molecule has 1 fully saturated rings. The van der Waals surface area contributed by atoms with Crippen LogP contribution in [0.15, 0.2) is 59.5 Å². The Balaban J connectivity index is 1.65. The summed E-state index contributed by atoms with van der Waals surface area (Å²) in [5.41, 5.74) is 0.815. The summed E-state index contributed by atoms with van der Waals surface area (Å²) in [6.07, 6.45) is 0. The summed E-state index contributed by atoms with van der Waals surface area (Å²) in [5, 5.41) is 0. The molecule has 27 heavy (non-hydrogen) atoms. The molecular formula is C19H20N2O5S. The van der Waals surface area contributed by atoms with Gasteiger partial charge in [0, 0.05) is 31.7 Å². The van der Waals surface area contributed by atoms with Crippen molar-refractivity contribution in [3.8, 4) is 0 Å². The number of piperazine rings is 1. The minimum Gasteiger partial charge on any atom is -0.465 e. The number of hydrogen-bond donors (Lipinski definition) is 0. The SMILES string of the molecule is COC(=O)c1ccc(C(=O)N2CCN(S(=O)(=O)c3ccccc3)CC2)cc1. The molecule has 0 spiro atoms. The first-order valence-electron chi connectivity index (χ1n) is 8.46. The molecule has 2 aromatic carbocycles. The molecule has 0 bridgehead atoms. The van der Waals surface area contributed by atoms with E-state index < -0.39 is 16.0 Å². The molecule has 142 valence electrons. The monoisotopic (exact) mass is 388 g/mol. The second-order valence-electron chi connectivity index (χ2n) is 6.08. The molecule has 1 heterocycles. The molecule has 1 aliphatic rings. The summed E-state index contributed by atoms with van der Waals surface area (Å²) in [6.45, 7) is 1.10. The topological polar surface area (TPSA) is 84.0 Å². The highest BCUT2D eigenvalue weighted by molar-refractivity contribution is 7.89. The smallest absolute Gasteiger partial charge is 0.337 e. The highest BCUT2D eigenvalue weighted by Crippen LogP contribution is 2.18. The van der Waals surface area contributed by atoms with Gasteiger partial charge in [0.15, 0.2) is 0 Å². The van der Waals surface area contributed by atoms with Gasteiger partial charge in [-0.25, -0.2) is 13.2 Å². The van der Waals surface area contributed by atoms with Crippen LogP contribution in [0.1, 0.15) is 20.7 Å². The number of hydrogen-bond acceptors (Lipinski definition) is 5. The van der Waals surface area contributed by atoms with E-state index in [4.69, 9.17) is 0 Å². The van der Waals surface area contributed by atoms with Crippen LogP contribution >= 0.6 is 0 Å². The lowest BCUT2D eigenvalue weighted by atomic mass is 10.1. The van der Waals surface area contributed by atoms with Crippen molar-refractivity contribution >= 4 is 21.9 Å². The third-order valence-corrected chi connectivity index (χ3v) is 6.37. The van der Waals surface area contributed by atoms with Crippen LogP contribution in [0.5, 0.6) is 0 Å². The zero-order valence-electron chi connectivity index (χ0n) is 14.9. The standard InChI is InChI=1S/C19H20N2O5S/c1-26-19(23)16-9-7-15(8-10-16)18(22)20-11-13-21(14-12-20)27(24,25)17-5-3-2-4-6-17/h2-10H,11-14H2,1H3. The van der Waals surface area contributed by atoms with Crippen molar-refractivity contribution in [1.29, 1.82) is 0 Å². The Morgan fingerprint density at radius 2 is 1.41 bits per heavy atom. The van der Waals surface area contributed by atoms with E-state index in [0.29, 0.717) is 24.2 Å². The van der Waals surface area contributed by atoms with Crippen molar-refractivity contribution in [3.63, 3.8) is 0 Å². The number of benzene rings is 2. The minimum atomic E-state index is -3.55. The van der Waals surface area contributed by atoms with Crippen LogP contribution in [0.3, 0.4) is 0 Å². The predicted octanol–water partition coefficient (Wildman–Crippen LogP) is 1.62. The molecule has 1 amide bonds. The van der Waals surface area contributed by atoms with Gasteiger partial charge in [0.05, 0.1) is 17.6 Å². The zero-order valence-corrected chi connectivity index (χ0v) is 15.7. The van der Waals surface area contributed by atoms with Gasteiger partial charge in [0.25, 0.3) is 5.91 Å². The highest BCUT2D eigenvalue weighted by atomic mass is 32.2. The van der Waals surface area contributed by atoms with E-state index in [-0.39, 0.29) is 23.9 Å². The second-order valence-corrected chi connectivity index (χ2v) is 8.02. The summed E-state index contributed by atoms with van der Waals surface area (Å²) < 4.78 is 31.3. The fraction of sp³-hybridized carbons (Fsp3) is 0.263. The van der Waals surface area contributed by atoms with Crippen molar-refractivity contribution in [1.82, 2.24) is 9.21 Å². The highest BCUT2D eigenvalue weighted by Gasteiger charge is 2.30. The second kappa shape index (κ2) is 7.89. The van der Waals surface area contributed by atoms with Gasteiger partial charge >= 0.3 is 5.97 Å². The first-order chi connectivity index (χ1) is 12.9. The van der Waals surface area contributed by atoms with E-state index in [1.807, 2.05) is 0 Å². The maximum Gasteiger partial charge on any atom is 0.337 e. The van der Waals surface area contributed by atoms with E-state index in [2.05, 4.69) is 4.74 Å².